The van der Waals surface area contributed by atoms with Crippen molar-refractivity contribution in [3.05, 3.63) is 59.5 Å². The zero-order valence-corrected chi connectivity index (χ0v) is 20.9. The first-order valence-electron chi connectivity index (χ1n) is 12.8. The van der Waals surface area contributed by atoms with Crippen LogP contribution < -0.4 is 9.80 Å². The van der Waals surface area contributed by atoms with Crippen molar-refractivity contribution < 1.29 is 9.32 Å². The van der Waals surface area contributed by atoms with Crippen LogP contribution in [-0.2, 0) is 11.2 Å². The van der Waals surface area contributed by atoms with Gasteiger partial charge >= 0.3 is 0 Å². The molecular weight excluding hydrogens is 438 g/mol. The number of hydrogen-bond acceptors (Lipinski definition) is 6. The third-order valence-electron chi connectivity index (χ3n) is 7.21. The first kappa shape index (κ1) is 23.4. The van der Waals surface area contributed by atoms with E-state index in [9.17, 15) is 4.79 Å². The number of nitrogens with zero attached hydrogens (tertiary/aromatic N) is 5. The number of carbonyl (C=O) groups is 1. The summed E-state index contributed by atoms with van der Waals surface area (Å²) in [5, 5.41) is 4.15. The van der Waals surface area contributed by atoms with Crippen molar-refractivity contribution in [3.63, 3.8) is 0 Å². The maximum atomic E-state index is 12.8. The molecule has 0 unspecified atom stereocenters. The monoisotopic (exact) mass is 473 g/mol. The molecule has 184 valence electrons. The molecule has 7 nitrogen and oxygen atoms in total. The van der Waals surface area contributed by atoms with Gasteiger partial charge in [0.05, 0.1) is 0 Å². The van der Waals surface area contributed by atoms with E-state index in [1.165, 1.54) is 41.8 Å². The van der Waals surface area contributed by atoms with E-state index in [1.54, 1.807) is 0 Å². The van der Waals surface area contributed by atoms with Crippen LogP contribution in [0.25, 0.3) is 11.4 Å². The predicted octanol–water partition coefficient (Wildman–Crippen LogP) is 4.63. The van der Waals surface area contributed by atoms with Gasteiger partial charge in [-0.05, 0) is 74.6 Å². The van der Waals surface area contributed by atoms with Gasteiger partial charge in [-0.3, -0.25) is 4.79 Å². The van der Waals surface area contributed by atoms with Crippen LogP contribution in [0.15, 0.2) is 47.0 Å². The van der Waals surface area contributed by atoms with Gasteiger partial charge in [0.15, 0.2) is 0 Å². The highest BCUT2D eigenvalue weighted by Crippen LogP contribution is 2.25. The molecule has 2 aliphatic heterocycles. The lowest BCUT2D eigenvalue weighted by molar-refractivity contribution is -0.131. The minimum atomic E-state index is 0.149. The van der Waals surface area contributed by atoms with Crippen LogP contribution in [0.1, 0.15) is 42.7 Å². The van der Waals surface area contributed by atoms with Crippen molar-refractivity contribution in [1.29, 1.82) is 0 Å². The Morgan fingerprint density at radius 2 is 1.63 bits per heavy atom. The van der Waals surface area contributed by atoms with Crippen LogP contribution in [0, 0.1) is 13.8 Å². The van der Waals surface area contributed by atoms with Gasteiger partial charge in [-0.15, -0.1) is 0 Å². The lowest BCUT2D eigenvalue weighted by atomic mass is 10.1. The van der Waals surface area contributed by atoms with Crippen molar-refractivity contribution in [1.82, 2.24) is 15.0 Å². The maximum Gasteiger partial charge on any atom is 0.227 e. The average Bonchev–Trinajstić information content (AvgIpc) is 3.38. The molecule has 35 heavy (non-hydrogen) atoms. The summed E-state index contributed by atoms with van der Waals surface area (Å²) in [5.41, 5.74) is 6.01. The summed E-state index contributed by atoms with van der Waals surface area (Å²) in [6.07, 6.45) is 4.70. The van der Waals surface area contributed by atoms with Gasteiger partial charge in [-0.2, -0.15) is 4.98 Å². The molecular formula is C28H35N5O2. The van der Waals surface area contributed by atoms with Gasteiger partial charge in [-0.25, -0.2) is 0 Å². The van der Waals surface area contributed by atoms with Gasteiger partial charge in [-0.1, -0.05) is 17.3 Å². The number of benzene rings is 2. The molecule has 0 saturated carbocycles. The second kappa shape index (κ2) is 10.5. The van der Waals surface area contributed by atoms with Gasteiger partial charge in [0.25, 0.3) is 0 Å². The van der Waals surface area contributed by atoms with Crippen LogP contribution in [0.5, 0.6) is 0 Å². The van der Waals surface area contributed by atoms with E-state index < -0.39 is 0 Å². The van der Waals surface area contributed by atoms with Crippen molar-refractivity contribution in [2.75, 3.05) is 49.1 Å². The SMILES string of the molecule is Cc1ccc(C)c(N2CCN(C(=O)CCc3nc(-c4ccc(N5CCCCC5)cc4)no3)CC2)c1. The Morgan fingerprint density at radius 1 is 0.886 bits per heavy atom. The summed E-state index contributed by atoms with van der Waals surface area (Å²) in [4.78, 5) is 24.1. The average molecular weight is 474 g/mol. The standard InChI is InChI=1S/C28H35N5O2/c1-21-6-7-22(2)25(20-21)32-16-18-33(19-17-32)27(34)13-12-26-29-28(30-35-26)23-8-10-24(11-9-23)31-14-4-3-5-15-31/h6-11,20H,3-5,12-19H2,1-2H3. The molecule has 2 aliphatic rings. The van der Waals surface area contributed by atoms with Crippen LogP contribution >= 0.6 is 0 Å². The maximum absolute atomic E-state index is 12.8. The smallest absolute Gasteiger partial charge is 0.227 e. The molecule has 7 heteroatoms. The molecule has 0 aliphatic carbocycles. The molecule has 1 aromatic heterocycles. The Kier molecular flexibility index (Phi) is 7.02. The molecule has 0 spiro atoms. The number of piperidine rings is 1. The Labute approximate surface area is 207 Å². The summed E-state index contributed by atoms with van der Waals surface area (Å²) in [6.45, 7) is 9.71. The Bertz CT molecular complexity index is 1140. The summed E-state index contributed by atoms with van der Waals surface area (Å²) in [6, 6.07) is 14.9. The van der Waals surface area contributed by atoms with Crippen molar-refractivity contribution >= 4 is 17.3 Å². The van der Waals surface area contributed by atoms with E-state index in [2.05, 4.69) is 76.3 Å². The second-order valence-corrected chi connectivity index (χ2v) is 9.76. The summed E-state index contributed by atoms with van der Waals surface area (Å²) < 4.78 is 5.45. The number of hydrogen-bond donors (Lipinski definition) is 0. The number of amides is 1. The van der Waals surface area contributed by atoms with Crippen LogP contribution in [-0.4, -0.2) is 60.2 Å². The third kappa shape index (κ3) is 5.50. The zero-order valence-electron chi connectivity index (χ0n) is 20.9. The quantitative estimate of drug-likeness (QED) is 0.520. The Hall–Kier alpha value is -3.35. The Balaban J connectivity index is 1.12. The zero-order chi connectivity index (χ0) is 24.2. The lowest BCUT2D eigenvalue weighted by Crippen LogP contribution is -2.49. The van der Waals surface area contributed by atoms with E-state index in [0.717, 1.165) is 44.8 Å². The minimum absolute atomic E-state index is 0.149. The molecule has 2 saturated heterocycles. The fourth-order valence-electron chi connectivity index (χ4n) is 5.08. The topological polar surface area (TPSA) is 65.7 Å². The van der Waals surface area contributed by atoms with Crippen molar-refractivity contribution in [2.45, 2.75) is 46.0 Å². The van der Waals surface area contributed by atoms with E-state index in [0.29, 0.717) is 24.6 Å². The lowest BCUT2D eigenvalue weighted by Gasteiger charge is -2.37. The highest BCUT2D eigenvalue weighted by molar-refractivity contribution is 5.76. The first-order valence-corrected chi connectivity index (χ1v) is 12.8. The molecule has 5 rings (SSSR count). The molecule has 3 aromatic rings. The molecule has 1 amide bonds. The predicted molar refractivity (Wildman–Crippen MR) is 139 cm³/mol. The van der Waals surface area contributed by atoms with Crippen molar-refractivity contribution in [3.8, 4) is 11.4 Å². The second-order valence-electron chi connectivity index (χ2n) is 9.76. The largest absolute Gasteiger partial charge is 0.372 e. The summed E-state index contributed by atoms with van der Waals surface area (Å²) in [7, 11) is 0. The highest BCUT2D eigenvalue weighted by atomic mass is 16.5. The molecule has 0 atom stereocenters. The molecule has 2 fully saturated rings. The van der Waals surface area contributed by atoms with E-state index in [1.807, 2.05) is 4.90 Å². The number of rotatable bonds is 6. The molecule has 0 bridgehead atoms. The fraction of sp³-hybridized carbons (Fsp3) is 0.464. The minimum Gasteiger partial charge on any atom is -0.372 e. The van der Waals surface area contributed by atoms with E-state index >= 15 is 0 Å². The third-order valence-corrected chi connectivity index (χ3v) is 7.21. The molecule has 2 aromatic carbocycles. The number of anilines is 2. The molecule has 3 heterocycles. The first-order chi connectivity index (χ1) is 17.1. The van der Waals surface area contributed by atoms with Gasteiger partial charge in [0.2, 0.25) is 17.6 Å². The number of aromatic nitrogens is 2. The number of aryl methyl sites for hydroxylation is 3. The van der Waals surface area contributed by atoms with Gasteiger partial charge in [0, 0.05) is 69.0 Å². The summed E-state index contributed by atoms with van der Waals surface area (Å²) in [5.74, 6) is 1.25. The number of piperazine rings is 1. The van der Waals surface area contributed by atoms with Crippen LogP contribution in [0.3, 0.4) is 0 Å². The van der Waals surface area contributed by atoms with Gasteiger partial charge < -0.3 is 19.2 Å². The van der Waals surface area contributed by atoms with Crippen LogP contribution in [0.2, 0.25) is 0 Å². The van der Waals surface area contributed by atoms with E-state index in [-0.39, 0.29) is 5.91 Å². The molecule has 0 N–H and O–H groups in total. The van der Waals surface area contributed by atoms with E-state index in [4.69, 9.17) is 4.52 Å². The summed E-state index contributed by atoms with van der Waals surface area (Å²) >= 11 is 0. The van der Waals surface area contributed by atoms with Crippen LogP contribution in [0.4, 0.5) is 11.4 Å². The fourth-order valence-corrected chi connectivity index (χ4v) is 5.08. The molecule has 0 radical (unpaired) electrons. The highest BCUT2D eigenvalue weighted by Gasteiger charge is 2.23. The Morgan fingerprint density at radius 3 is 2.37 bits per heavy atom. The van der Waals surface area contributed by atoms with Gasteiger partial charge in [0.1, 0.15) is 0 Å². The normalized spacial score (nSPS) is 16.6. The number of carbonyl (C=O) groups excluding carboxylic acids is 1. The van der Waals surface area contributed by atoms with Crippen molar-refractivity contribution in [2.24, 2.45) is 0 Å².